The van der Waals surface area contributed by atoms with E-state index in [4.69, 9.17) is 9.47 Å². The van der Waals surface area contributed by atoms with Gasteiger partial charge in [0.25, 0.3) is 0 Å². The zero-order chi connectivity index (χ0) is 16.8. The van der Waals surface area contributed by atoms with Crippen LogP contribution in [0.5, 0.6) is 0 Å². The smallest absolute Gasteiger partial charge is 0.314 e. The SMILES string of the molecule is CC(C)CNC(=O)NCCOCCOCCCC(=O)C(C)C. The van der Waals surface area contributed by atoms with Crippen LogP contribution < -0.4 is 10.6 Å². The second-order valence-corrected chi connectivity index (χ2v) is 5.98. The molecule has 0 heterocycles. The summed E-state index contributed by atoms with van der Waals surface area (Å²) in [4.78, 5) is 22.7. The van der Waals surface area contributed by atoms with Gasteiger partial charge in [-0.05, 0) is 12.3 Å². The maximum absolute atomic E-state index is 11.4. The standard InChI is InChI=1S/C16H32N2O4/c1-13(2)12-18-16(20)17-7-9-22-11-10-21-8-5-6-15(19)14(3)4/h13-14H,5-12H2,1-4H3,(H2,17,18,20). The maximum Gasteiger partial charge on any atom is 0.314 e. The summed E-state index contributed by atoms with van der Waals surface area (Å²) in [7, 11) is 0. The summed E-state index contributed by atoms with van der Waals surface area (Å²) in [6.45, 7) is 11.1. The number of rotatable bonds is 13. The molecule has 0 rings (SSSR count). The van der Waals surface area contributed by atoms with Gasteiger partial charge in [-0.3, -0.25) is 4.79 Å². The molecule has 0 aliphatic rings. The molecule has 0 aromatic rings. The number of carbonyl (C=O) groups is 2. The second-order valence-electron chi connectivity index (χ2n) is 5.98. The van der Waals surface area contributed by atoms with Crippen molar-refractivity contribution in [3.05, 3.63) is 0 Å². The highest BCUT2D eigenvalue weighted by Gasteiger charge is 2.05. The molecule has 2 amide bonds. The van der Waals surface area contributed by atoms with E-state index in [-0.39, 0.29) is 17.7 Å². The Labute approximate surface area is 134 Å². The Bertz CT molecular complexity index is 307. The van der Waals surface area contributed by atoms with E-state index in [1.807, 2.05) is 27.7 Å². The van der Waals surface area contributed by atoms with Crippen molar-refractivity contribution >= 4 is 11.8 Å². The molecule has 0 aliphatic heterocycles. The van der Waals surface area contributed by atoms with Gasteiger partial charge in [0.05, 0.1) is 19.8 Å². The number of hydrogen-bond acceptors (Lipinski definition) is 4. The molecule has 0 aromatic heterocycles. The van der Waals surface area contributed by atoms with Crippen molar-refractivity contribution in [2.75, 3.05) is 39.5 Å². The largest absolute Gasteiger partial charge is 0.379 e. The molecule has 0 saturated carbocycles. The molecule has 0 saturated heterocycles. The van der Waals surface area contributed by atoms with Crippen molar-refractivity contribution in [3.8, 4) is 0 Å². The predicted molar refractivity (Wildman–Crippen MR) is 87.0 cm³/mol. The Balaban J connectivity index is 3.24. The van der Waals surface area contributed by atoms with E-state index in [0.717, 1.165) is 6.42 Å². The maximum atomic E-state index is 11.4. The molecule has 0 aliphatic carbocycles. The second kappa shape index (κ2) is 13.5. The van der Waals surface area contributed by atoms with Crippen molar-refractivity contribution in [3.63, 3.8) is 0 Å². The molecule has 6 heteroatoms. The lowest BCUT2D eigenvalue weighted by Gasteiger charge is -2.10. The first kappa shape index (κ1) is 20.9. The van der Waals surface area contributed by atoms with E-state index in [0.29, 0.717) is 51.9 Å². The quantitative estimate of drug-likeness (QED) is 0.509. The Morgan fingerprint density at radius 2 is 1.55 bits per heavy atom. The van der Waals surface area contributed by atoms with E-state index in [9.17, 15) is 9.59 Å². The third-order valence-electron chi connectivity index (χ3n) is 2.93. The number of ketones is 1. The minimum atomic E-state index is -0.164. The normalized spacial score (nSPS) is 11.0. The van der Waals surface area contributed by atoms with Crippen LogP contribution in [0.2, 0.25) is 0 Å². The third-order valence-corrected chi connectivity index (χ3v) is 2.93. The molecular formula is C16H32N2O4. The Kier molecular flexibility index (Phi) is 12.8. The molecule has 0 fully saturated rings. The monoisotopic (exact) mass is 316 g/mol. The summed E-state index contributed by atoms with van der Waals surface area (Å²) in [5.41, 5.74) is 0. The van der Waals surface area contributed by atoms with Crippen molar-refractivity contribution < 1.29 is 19.1 Å². The van der Waals surface area contributed by atoms with Gasteiger partial charge in [0.1, 0.15) is 5.78 Å². The number of ether oxygens (including phenoxy) is 2. The summed E-state index contributed by atoms with van der Waals surface area (Å²) in [5, 5.41) is 5.49. The molecule has 0 bridgehead atoms. The summed E-state index contributed by atoms with van der Waals surface area (Å²) < 4.78 is 10.7. The number of hydrogen-bond donors (Lipinski definition) is 2. The number of carbonyl (C=O) groups excluding carboxylic acids is 2. The molecule has 22 heavy (non-hydrogen) atoms. The zero-order valence-corrected chi connectivity index (χ0v) is 14.4. The lowest BCUT2D eigenvalue weighted by molar-refractivity contribution is -0.122. The van der Waals surface area contributed by atoms with Gasteiger partial charge < -0.3 is 20.1 Å². The summed E-state index contributed by atoms with van der Waals surface area (Å²) in [6.07, 6.45) is 1.34. The van der Waals surface area contributed by atoms with Crippen LogP contribution in [-0.2, 0) is 14.3 Å². The average molecular weight is 316 g/mol. The Hall–Kier alpha value is -1.14. The van der Waals surface area contributed by atoms with Gasteiger partial charge in [-0.15, -0.1) is 0 Å². The summed E-state index contributed by atoms with van der Waals surface area (Å²) in [6, 6.07) is -0.164. The lowest BCUT2D eigenvalue weighted by atomic mass is 10.1. The van der Waals surface area contributed by atoms with Crippen LogP contribution in [0.3, 0.4) is 0 Å². The van der Waals surface area contributed by atoms with Crippen molar-refractivity contribution in [2.45, 2.75) is 40.5 Å². The summed E-state index contributed by atoms with van der Waals surface area (Å²) in [5.74, 6) is 0.824. The molecule has 0 radical (unpaired) electrons. The zero-order valence-electron chi connectivity index (χ0n) is 14.4. The van der Waals surface area contributed by atoms with Crippen LogP contribution in [0.25, 0.3) is 0 Å². The first-order valence-electron chi connectivity index (χ1n) is 8.13. The molecule has 0 spiro atoms. The number of urea groups is 1. The Morgan fingerprint density at radius 3 is 2.14 bits per heavy atom. The third kappa shape index (κ3) is 13.8. The van der Waals surface area contributed by atoms with Gasteiger partial charge in [-0.25, -0.2) is 4.79 Å². The van der Waals surface area contributed by atoms with Gasteiger partial charge in [0.2, 0.25) is 0 Å². The highest BCUT2D eigenvalue weighted by molar-refractivity contribution is 5.80. The van der Waals surface area contributed by atoms with Crippen molar-refractivity contribution in [1.29, 1.82) is 0 Å². The molecule has 0 unspecified atom stereocenters. The number of Topliss-reactive ketones (excluding diaryl/α,β-unsaturated/α-hetero) is 1. The van der Waals surface area contributed by atoms with E-state index in [2.05, 4.69) is 10.6 Å². The van der Waals surface area contributed by atoms with E-state index in [1.54, 1.807) is 0 Å². The van der Waals surface area contributed by atoms with Crippen LogP contribution in [-0.4, -0.2) is 51.3 Å². The van der Waals surface area contributed by atoms with Crippen molar-refractivity contribution in [1.82, 2.24) is 10.6 Å². The van der Waals surface area contributed by atoms with Gasteiger partial charge in [0.15, 0.2) is 0 Å². The van der Waals surface area contributed by atoms with E-state index >= 15 is 0 Å². The predicted octanol–water partition coefficient (Wildman–Crippen LogP) is 1.98. The topological polar surface area (TPSA) is 76.7 Å². The summed E-state index contributed by atoms with van der Waals surface area (Å²) >= 11 is 0. The fraction of sp³-hybridized carbons (Fsp3) is 0.875. The van der Waals surface area contributed by atoms with Crippen LogP contribution >= 0.6 is 0 Å². The minimum absolute atomic E-state index is 0.105. The van der Waals surface area contributed by atoms with Crippen LogP contribution in [0.1, 0.15) is 40.5 Å². The van der Waals surface area contributed by atoms with Crippen LogP contribution in [0.15, 0.2) is 0 Å². The first-order valence-corrected chi connectivity index (χ1v) is 8.13. The van der Waals surface area contributed by atoms with Crippen LogP contribution in [0.4, 0.5) is 4.79 Å². The molecule has 130 valence electrons. The fourth-order valence-corrected chi connectivity index (χ4v) is 1.56. The molecule has 2 N–H and O–H groups in total. The van der Waals surface area contributed by atoms with Gasteiger partial charge >= 0.3 is 6.03 Å². The molecular weight excluding hydrogens is 284 g/mol. The van der Waals surface area contributed by atoms with E-state index in [1.165, 1.54) is 0 Å². The first-order chi connectivity index (χ1) is 10.4. The van der Waals surface area contributed by atoms with E-state index < -0.39 is 0 Å². The molecule has 0 atom stereocenters. The fourth-order valence-electron chi connectivity index (χ4n) is 1.56. The van der Waals surface area contributed by atoms with Crippen LogP contribution in [0, 0.1) is 11.8 Å². The molecule has 6 nitrogen and oxygen atoms in total. The van der Waals surface area contributed by atoms with Gasteiger partial charge in [-0.1, -0.05) is 27.7 Å². The highest BCUT2D eigenvalue weighted by atomic mass is 16.5. The number of nitrogens with one attached hydrogen (secondary N) is 2. The highest BCUT2D eigenvalue weighted by Crippen LogP contribution is 2.01. The Morgan fingerprint density at radius 1 is 0.909 bits per heavy atom. The van der Waals surface area contributed by atoms with Gasteiger partial charge in [-0.2, -0.15) is 0 Å². The average Bonchev–Trinajstić information content (AvgIpc) is 2.46. The lowest BCUT2D eigenvalue weighted by Crippen LogP contribution is -2.39. The van der Waals surface area contributed by atoms with Gasteiger partial charge in [0, 0.05) is 32.0 Å². The van der Waals surface area contributed by atoms with Crippen molar-refractivity contribution in [2.24, 2.45) is 11.8 Å². The molecule has 0 aromatic carbocycles. The minimum Gasteiger partial charge on any atom is -0.379 e. The number of amides is 2.